The number of anilines is 1. The van der Waals surface area contributed by atoms with Crippen molar-refractivity contribution in [1.82, 2.24) is 0 Å². The Bertz CT molecular complexity index is 664. The van der Waals surface area contributed by atoms with Crippen LogP contribution in [0.1, 0.15) is 27.7 Å². The van der Waals surface area contributed by atoms with Crippen LogP contribution in [0, 0.1) is 13.8 Å². The number of benzene rings is 1. The molecule has 0 aliphatic rings. The second kappa shape index (κ2) is 5.85. The van der Waals surface area contributed by atoms with Gasteiger partial charge in [-0.1, -0.05) is 17.7 Å². The summed E-state index contributed by atoms with van der Waals surface area (Å²) in [6.07, 6.45) is 0. The molecule has 1 aromatic heterocycles. The molecule has 0 unspecified atom stereocenters. The van der Waals surface area contributed by atoms with Crippen LogP contribution in [0.4, 0.5) is 5.00 Å². The highest BCUT2D eigenvalue weighted by Crippen LogP contribution is 2.39. The maximum atomic E-state index is 12.1. The first-order chi connectivity index (χ1) is 9.45. The Kier molecular flexibility index (Phi) is 4.35. The second-order valence-corrected chi connectivity index (χ2v) is 6.12. The molecule has 0 aliphatic carbocycles. The molecular formula is C15H16ClNO2S. The van der Waals surface area contributed by atoms with Gasteiger partial charge < -0.3 is 10.5 Å². The summed E-state index contributed by atoms with van der Waals surface area (Å²) in [4.78, 5) is 13.1. The first-order valence-corrected chi connectivity index (χ1v) is 7.47. The molecule has 0 amide bonds. The lowest BCUT2D eigenvalue weighted by atomic mass is 10.00. The average Bonchev–Trinajstić information content (AvgIpc) is 2.68. The molecule has 1 heterocycles. The summed E-state index contributed by atoms with van der Waals surface area (Å²) >= 11 is 7.45. The fraction of sp³-hybridized carbons (Fsp3) is 0.267. The molecule has 0 saturated heterocycles. The Labute approximate surface area is 127 Å². The van der Waals surface area contributed by atoms with E-state index >= 15 is 0 Å². The summed E-state index contributed by atoms with van der Waals surface area (Å²) in [5.74, 6) is -0.378. The predicted octanol–water partition coefficient (Wildman–Crippen LogP) is 4.44. The number of carbonyl (C=O) groups is 1. The van der Waals surface area contributed by atoms with E-state index in [4.69, 9.17) is 22.1 Å². The van der Waals surface area contributed by atoms with Gasteiger partial charge in [-0.2, -0.15) is 0 Å². The molecule has 5 heteroatoms. The third-order valence-corrected chi connectivity index (χ3v) is 4.40. The Morgan fingerprint density at radius 3 is 2.70 bits per heavy atom. The van der Waals surface area contributed by atoms with E-state index in [0.29, 0.717) is 22.2 Å². The van der Waals surface area contributed by atoms with Crippen molar-refractivity contribution >= 4 is 33.9 Å². The molecule has 106 valence electrons. The lowest BCUT2D eigenvalue weighted by Gasteiger charge is -2.08. The predicted molar refractivity (Wildman–Crippen MR) is 84.6 cm³/mol. The van der Waals surface area contributed by atoms with Crippen molar-refractivity contribution in [3.05, 3.63) is 39.2 Å². The minimum atomic E-state index is -0.378. The van der Waals surface area contributed by atoms with Gasteiger partial charge in [0, 0.05) is 15.5 Å². The molecule has 2 rings (SSSR count). The molecule has 20 heavy (non-hydrogen) atoms. The van der Waals surface area contributed by atoms with E-state index < -0.39 is 0 Å². The normalized spacial score (nSPS) is 10.6. The van der Waals surface area contributed by atoms with Crippen LogP contribution < -0.4 is 5.73 Å². The smallest absolute Gasteiger partial charge is 0.341 e. The molecule has 0 saturated carbocycles. The zero-order chi connectivity index (χ0) is 14.9. The van der Waals surface area contributed by atoms with Crippen molar-refractivity contribution in [3.63, 3.8) is 0 Å². The number of thiophene rings is 1. The van der Waals surface area contributed by atoms with Gasteiger partial charge in [0.25, 0.3) is 0 Å². The number of hydrogen-bond acceptors (Lipinski definition) is 4. The molecule has 2 aromatic rings. The summed E-state index contributed by atoms with van der Waals surface area (Å²) < 4.78 is 5.10. The van der Waals surface area contributed by atoms with E-state index in [1.807, 2.05) is 32.0 Å². The molecule has 2 N–H and O–H groups in total. The third-order valence-electron chi connectivity index (χ3n) is 3.04. The first-order valence-electron chi connectivity index (χ1n) is 6.28. The number of halogens is 1. The number of esters is 1. The number of aryl methyl sites for hydroxylation is 2. The van der Waals surface area contributed by atoms with Gasteiger partial charge in [-0.3, -0.25) is 0 Å². The highest BCUT2D eigenvalue weighted by atomic mass is 35.5. The summed E-state index contributed by atoms with van der Waals surface area (Å²) in [7, 11) is 0. The molecule has 0 radical (unpaired) electrons. The van der Waals surface area contributed by atoms with Crippen LogP contribution in [0.5, 0.6) is 0 Å². The Morgan fingerprint density at radius 1 is 1.40 bits per heavy atom. The Balaban J connectivity index is 2.61. The van der Waals surface area contributed by atoms with Gasteiger partial charge in [0.1, 0.15) is 10.6 Å². The van der Waals surface area contributed by atoms with Crippen LogP contribution in [0.15, 0.2) is 18.2 Å². The van der Waals surface area contributed by atoms with Gasteiger partial charge in [-0.05, 0) is 44.0 Å². The fourth-order valence-electron chi connectivity index (χ4n) is 2.12. The van der Waals surface area contributed by atoms with Crippen LogP contribution in [0.25, 0.3) is 11.1 Å². The van der Waals surface area contributed by atoms with Crippen molar-refractivity contribution in [2.75, 3.05) is 12.3 Å². The lowest BCUT2D eigenvalue weighted by molar-refractivity contribution is 0.0529. The summed E-state index contributed by atoms with van der Waals surface area (Å²) in [6, 6.07) is 5.68. The largest absolute Gasteiger partial charge is 0.462 e. The van der Waals surface area contributed by atoms with Crippen LogP contribution >= 0.6 is 22.9 Å². The van der Waals surface area contributed by atoms with E-state index in [1.54, 1.807) is 6.92 Å². The van der Waals surface area contributed by atoms with Crippen molar-refractivity contribution in [1.29, 1.82) is 0 Å². The number of rotatable bonds is 3. The van der Waals surface area contributed by atoms with Gasteiger partial charge in [0.2, 0.25) is 0 Å². The molecule has 0 fully saturated rings. The van der Waals surface area contributed by atoms with Crippen molar-refractivity contribution in [2.45, 2.75) is 20.8 Å². The van der Waals surface area contributed by atoms with E-state index in [0.717, 1.165) is 21.6 Å². The van der Waals surface area contributed by atoms with E-state index in [-0.39, 0.29) is 5.97 Å². The SMILES string of the molecule is CCOC(=O)c1c(N)sc(C)c1-c1ccc(Cl)c(C)c1. The highest BCUT2D eigenvalue weighted by Gasteiger charge is 2.22. The molecule has 0 spiro atoms. The molecule has 0 atom stereocenters. The van der Waals surface area contributed by atoms with E-state index in [2.05, 4.69) is 0 Å². The van der Waals surface area contributed by atoms with Crippen molar-refractivity contribution in [2.24, 2.45) is 0 Å². The first kappa shape index (κ1) is 14.9. The number of carbonyl (C=O) groups excluding carboxylic acids is 1. The highest BCUT2D eigenvalue weighted by molar-refractivity contribution is 7.16. The number of hydrogen-bond donors (Lipinski definition) is 1. The van der Waals surface area contributed by atoms with Crippen molar-refractivity contribution in [3.8, 4) is 11.1 Å². The monoisotopic (exact) mass is 309 g/mol. The minimum absolute atomic E-state index is 0.326. The quantitative estimate of drug-likeness (QED) is 0.852. The molecule has 0 aliphatic heterocycles. The number of ether oxygens (including phenoxy) is 1. The van der Waals surface area contributed by atoms with Gasteiger partial charge in [-0.15, -0.1) is 11.3 Å². The summed E-state index contributed by atoms with van der Waals surface area (Å²) in [6.45, 7) is 5.98. The number of nitrogens with two attached hydrogens (primary N) is 1. The zero-order valence-electron chi connectivity index (χ0n) is 11.6. The number of nitrogen functional groups attached to an aromatic ring is 1. The lowest BCUT2D eigenvalue weighted by Crippen LogP contribution is -2.07. The minimum Gasteiger partial charge on any atom is -0.462 e. The summed E-state index contributed by atoms with van der Waals surface area (Å²) in [5.41, 5.74) is 9.16. The Hall–Kier alpha value is -1.52. The molecular weight excluding hydrogens is 294 g/mol. The van der Waals surface area contributed by atoms with Gasteiger partial charge in [0.15, 0.2) is 0 Å². The standard InChI is InChI=1S/C15H16ClNO2S/c1-4-19-15(18)13-12(9(3)20-14(13)17)10-5-6-11(16)8(2)7-10/h5-7H,4,17H2,1-3H3. The van der Waals surface area contributed by atoms with E-state index in [9.17, 15) is 4.79 Å². The average molecular weight is 310 g/mol. The maximum absolute atomic E-state index is 12.1. The summed E-state index contributed by atoms with van der Waals surface area (Å²) in [5, 5.41) is 1.19. The van der Waals surface area contributed by atoms with Crippen LogP contribution in [-0.4, -0.2) is 12.6 Å². The molecule has 1 aromatic carbocycles. The second-order valence-electron chi connectivity index (χ2n) is 4.46. The molecule has 0 bridgehead atoms. The Morgan fingerprint density at radius 2 is 2.10 bits per heavy atom. The zero-order valence-corrected chi connectivity index (χ0v) is 13.2. The van der Waals surface area contributed by atoms with Crippen LogP contribution in [0.2, 0.25) is 5.02 Å². The van der Waals surface area contributed by atoms with Crippen LogP contribution in [-0.2, 0) is 4.74 Å². The van der Waals surface area contributed by atoms with E-state index in [1.165, 1.54) is 11.3 Å². The van der Waals surface area contributed by atoms with Crippen LogP contribution in [0.3, 0.4) is 0 Å². The topological polar surface area (TPSA) is 52.3 Å². The van der Waals surface area contributed by atoms with Gasteiger partial charge >= 0.3 is 5.97 Å². The third kappa shape index (κ3) is 2.67. The van der Waals surface area contributed by atoms with Gasteiger partial charge in [-0.25, -0.2) is 4.79 Å². The molecule has 3 nitrogen and oxygen atoms in total. The maximum Gasteiger partial charge on any atom is 0.341 e. The van der Waals surface area contributed by atoms with Gasteiger partial charge in [0.05, 0.1) is 6.61 Å². The fourth-order valence-corrected chi connectivity index (χ4v) is 3.18. The van der Waals surface area contributed by atoms with Crippen molar-refractivity contribution < 1.29 is 9.53 Å².